The van der Waals surface area contributed by atoms with Crippen molar-refractivity contribution in [2.45, 2.75) is 26.4 Å². The van der Waals surface area contributed by atoms with Crippen molar-refractivity contribution < 1.29 is 4.39 Å². The van der Waals surface area contributed by atoms with Gasteiger partial charge in [0.2, 0.25) is 0 Å². The highest BCUT2D eigenvalue weighted by atomic mass is 35.5. The van der Waals surface area contributed by atoms with Crippen molar-refractivity contribution >= 4 is 17.3 Å². The van der Waals surface area contributed by atoms with E-state index in [0.717, 1.165) is 18.5 Å². The molecular formula is C13H15ClFN3. The topological polar surface area (TPSA) is 29.9 Å². The lowest BCUT2D eigenvalue weighted by Gasteiger charge is -2.05. The lowest BCUT2D eigenvalue weighted by Crippen LogP contribution is -1.99. The maximum Gasteiger partial charge on any atom is 0.126 e. The average Bonchev–Trinajstić information content (AvgIpc) is 2.74. The molecule has 0 saturated heterocycles. The van der Waals surface area contributed by atoms with E-state index in [0.29, 0.717) is 17.3 Å². The lowest BCUT2D eigenvalue weighted by molar-refractivity contribution is 0.602. The molecule has 5 heteroatoms. The molecule has 0 saturated carbocycles. The molecule has 1 N–H and O–H groups in total. The number of benzene rings is 1. The minimum absolute atomic E-state index is 0.341. The predicted molar refractivity (Wildman–Crippen MR) is 71.3 cm³/mol. The van der Waals surface area contributed by atoms with Gasteiger partial charge in [-0.05, 0) is 24.6 Å². The summed E-state index contributed by atoms with van der Waals surface area (Å²) in [7, 11) is 0. The van der Waals surface area contributed by atoms with Gasteiger partial charge in [0.25, 0.3) is 0 Å². The molecule has 96 valence electrons. The summed E-state index contributed by atoms with van der Waals surface area (Å²) in [6, 6.07) is 4.40. The van der Waals surface area contributed by atoms with Crippen LogP contribution in [0.3, 0.4) is 0 Å². The van der Waals surface area contributed by atoms with E-state index in [9.17, 15) is 4.39 Å². The fourth-order valence-electron chi connectivity index (χ4n) is 1.71. The summed E-state index contributed by atoms with van der Waals surface area (Å²) >= 11 is 5.78. The quantitative estimate of drug-likeness (QED) is 0.895. The van der Waals surface area contributed by atoms with E-state index in [-0.39, 0.29) is 5.82 Å². The zero-order valence-electron chi connectivity index (χ0n) is 10.2. The maximum atomic E-state index is 13.1. The van der Waals surface area contributed by atoms with Crippen molar-refractivity contribution in [1.82, 2.24) is 9.78 Å². The van der Waals surface area contributed by atoms with Gasteiger partial charge in [0.15, 0.2) is 0 Å². The van der Waals surface area contributed by atoms with E-state index in [1.54, 1.807) is 6.07 Å². The largest absolute Gasteiger partial charge is 0.381 e. The van der Waals surface area contributed by atoms with Crippen LogP contribution >= 0.6 is 11.6 Å². The van der Waals surface area contributed by atoms with Crippen LogP contribution < -0.4 is 5.32 Å². The molecule has 0 amide bonds. The van der Waals surface area contributed by atoms with Crippen LogP contribution in [0.4, 0.5) is 10.1 Å². The molecule has 2 aromatic rings. The van der Waals surface area contributed by atoms with Crippen LogP contribution in [-0.4, -0.2) is 9.78 Å². The molecule has 0 fully saturated rings. The van der Waals surface area contributed by atoms with E-state index < -0.39 is 0 Å². The number of hydrogen-bond acceptors (Lipinski definition) is 2. The smallest absolute Gasteiger partial charge is 0.126 e. The van der Waals surface area contributed by atoms with Crippen LogP contribution in [0.1, 0.15) is 18.9 Å². The zero-order valence-corrected chi connectivity index (χ0v) is 10.9. The second kappa shape index (κ2) is 5.87. The van der Waals surface area contributed by atoms with Gasteiger partial charge in [-0.15, -0.1) is 0 Å². The molecule has 0 radical (unpaired) electrons. The number of aromatic nitrogens is 2. The normalized spacial score (nSPS) is 10.6. The third-order valence-corrected chi connectivity index (χ3v) is 2.72. The summed E-state index contributed by atoms with van der Waals surface area (Å²) < 4.78 is 15.0. The number of nitrogens with one attached hydrogen (secondary N) is 1. The molecule has 18 heavy (non-hydrogen) atoms. The van der Waals surface area contributed by atoms with Crippen molar-refractivity contribution in [3.8, 4) is 0 Å². The first-order valence-electron chi connectivity index (χ1n) is 5.88. The van der Waals surface area contributed by atoms with Crippen molar-refractivity contribution in [1.29, 1.82) is 0 Å². The Labute approximate surface area is 111 Å². The first-order chi connectivity index (χ1) is 8.67. The molecule has 3 nitrogen and oxygen atoms in total. The monoisotopic (exact) mass is 267 g/mol. The molecule has 0 aliphatic carbocycles. The van der Waals surface area contributed by atoms with E-state index in [2.05, 4.69) is 17.3 Å². The standard InChI is InChI=1S/C13H15ClFN3/c1-2-3-18-9-10(8-17-18)7-16-13-5-11(14)4-12(15)6-13/h4-6,8-9,16H,2-3,7H2,1H3. The molecule has 0 aliphatic heterocycles. The van der Waals surface area contributed by atoms with Gasteiger partial charge >= 0.3 is 0 Å². The summed E-state index contributed by atoms with van der Waals surface area (Å²) in [6.07, 6.45) is 4.84. The van der Waals surface area contributed by atoms with E-state index in [1.165, 1.54) is 12.1 Å². The van der Waals surface area contributed by atoms with Crippen molar-refractivity contribution in [3.63, 3.8) is 0 Å². The molecule has 1 aromatic heterocycles. The zero-order chi connectivity index (χ0) is 13.0. The Morgan fingerprint density at radius 1 is 1.39 bits per heavy atom. The molecule has 0 bridgehead atoms. The Balaban J connectivity index is 1.97. The van der Waals surface area contributed by atoms with Gasteiger partial charge < -0.3 is 5.32 Å². The Hall–Kier alpha value is -1.55. The molecule has 0 unspecified atom stereocenters. The highest BCUT2D eigenvalue weighted by molar-refractivity contribution is 6.30. The van der Waals surface area contributed by atoms with Crippen molar-refractivity contribution in [2.75, 3.05) is 5.32 Å². The van der Waals surface area contributed by atoms with Gasteiger partial charge in [0.1, 0.15) is 5.82 Å². The number of rotatable bonds is 5. The highest BCUT2D eigenvalue weighted by Gasteiger charge is 2.01. The van der Waals surface area contributed by atoms with E-state index in [1.807, 2.05) is 17.1 Å². The van der Waals surface area contributed by atoms with Crippen LogP contribution in [0.15, 0.2) is 30.6 Å². The average molecular weight is 268 g/mol. The molecular weight excluding hydrogens is 253 g/mol. The summed E-state index contributed by atoms with van der Waals surface area (Å²) in [5.74, 6) is -0.341. The van der Waals surface area contributed by atoms with Crippen molar-refractivity contribution in [2.24, 2.45) is 0 Å². The minimum atomic E-state index is -0.341. The third-order valence-electron chi connectivity index (χ3n) is 2.50. The Morgan fingerprint density at radius 3 is 2.94 bits per heavy atom. The SMILES string of the molecule is CCCn1cc(CNc2cc(F)cc(Cl)c2)cn1. The summed E-state index contributed by atoms with van der Waals surface area (Å²) in [5, 5.41) is 7.74. The maximum absolute atomic E-state index is 13.1. The fraction of sp³-hybridized carbons (Fsp3) is 0.308. The molecule has 1 heterocycles. The highest BCUT2D eigenvalue weighted by Crippen LogP contribution is 2.18. The van der Waals surface area contributed by atoms with Gasteiger partial charge in [-0.2, -0.15) is 5.10 Å². The van der Waals surface area contributed by atoms with Gasteiger partial charge in [0, 0.05) is 35.6 Å². The number of anilines is 1. The van der Waals surface area contributed by atoms with Gasteiger partial charge in [-0.1, -0.05) is 18.5 Å². The fourth-order valence-corrected chi connectivity index (χ4v) is 1.93. The number of halogens is 2. The van der Waals surface area contributed by atoms with Crippen LogP contribution in [0, 0.1) is 5.82 Å². The van der Waals surface area contributed by atoms with Gasteiger partial charge in [-0.25, -0.2) is 4.39 Å². The number of hydrogen-bond donors (Lipinski definition) is 1. The second-order valence-electron chi connectivity index (χ2n) is 4.12. The predicted octanol–water partition coefficient (Wildman–Crippen LogP) is 3.70. The first kappa shape index (κ1) is 12.9. The summed E-state index contributed by atoms with van der Waals surface area (Å²) in [4.78, 5) is 0. The van der Waals surface area contributed by atoms with E-state index >= 15 is 0 Å². The van der Waals surface area contributed by atoms with Crippen LogP contribution in [0.5, 0.6) is 0 Å². The second-order valence-corrected chi connectivity index (χ2v) is 4.56. The van der Waals surface area contributed by atoms with Crippen LogP contribution in [0.2, 0.25) is 5.02 Å². The first-order valence-corrected chi connectivity index (χ1v) is 6.26. The van der Waals surface area contributed by atoms with Gasteiger partial charge in [0.05, 0.1) is 6.20 Å². The number of nitrogens with zero attached hydrogens (tertiary/aromatic N) is 2. The third kappa shape index (κ3) is 3.47. The Kier molecular flexibility index (Phi) is 4.20. The number of aryl methyl sites for hydroxylation is 1. The molecule has 0 atom stereocenters. The summed E-state index contributed by atoms with van der Waals surface area (Å²) in [5.41, 5.74) is 1.73. The molecule has 2 rings (SSSR count). The molecule has 0 aliphatic rings. The molecule has 0 spiro atoms. The Bertz CT molecular complexity index is 504. The molecule has 1 aromatic carbocycles. The minimum Gasteiger partial charge on any atom is -0.381 e. The lowest BCUT2D eigenvalue weighted by atomic mass is 10.3. The van der Waals surface area contributed by atoms with E-state index in [4.69, 9.17) is 11.6 Å². The van der Waals surface area contributed by atoms with Crippen LogP contribution in [0.25, 0.3) is 0 Å². The van der Waals surface area contributed by atoms with Crippen LogP contribution in [-0.2, 0) is 13.1 Å². The summed E-state index contributed by atoms with van der Waals surface area (Å²) in [6.45, 7) is 3.61. The van der Waals surface area contributed by atoms with Crippen molar-refractivity contribution in [3.05, 3.63) is 47.0 Å². The van der Waals surface area contributed by atoms with Gasteiger partial charge in [-0.3, -0.25) is 4.68 Å². The Morgan fingerprint density at radius 2 is 2.22 bits per heavy atom.